The molecule has 0 unspecified atom stereocenters. The predicted molar refractivity (Wildman–Crippen MR) is 50.3 cm³/mol. The Morgan fingerprint density at radius 1 is 1.54 bits per heavy atom. The van der Waals surface area contributed by atoms with Crippen molar-refractivity contribution in [3.63, 3.8) is 0 Å². The minimum atomic E-state index is -0.408. The summed E-state index contributed by atoms with van der Waals surface area (Å²) < 4.78 is 18.6. The molecule has 5 heteroatoms. The molecule has 0 aliphatic rings. The molecular weight excluding hydrogens is 239 g/mol. The van der Waals surface area contributed by atoms with Gasteiger partial charge in [0.15, 0.2) is 16.3 Å². The van der Waals surface area contributed by atoms with E-state index < -0.39 is 5.82 Å². The Labute approximate surface area is 82.1 Å². The molecule has 0 saturated heterocycles. The molecule has 0 amide bonds. The number of hydrogen-bond donors (Lipinski definition) is 1. The van der Waals surface area contributed by atoms with Crippen LogP contribution in [-0.4, -0.2) is 17.1 Å². The maximum Gasteiger partial charge on any atom is 0.182 e. The summed E-state index contributed by atoms with van der Waals surface area (Å²) in [6, 6.07) is 2.96. The average Bonchev–Trinajstić information content (AvgIpc) is 2.45. The summed E-state index contributed by atoms with van der Waals surface area (Å²) in [5.74, 6) is -0.242. The van der Waals surface area contributed by atoms with Gasteiger partial charge in [0, 0.05) is 0 Å². The number of H-pyrrole nitrogens is 1. The van der Waals surface area contributed by atoms with Crippen LogP contribution < -0.4 is 4.74 Å². The van der Waals surface area contributed by atoms with Crippen LogP contribution in [0.2, 0.25) is 0 Å². The van der Waals surface area contributed by atoms with Gasteiger partial charge in [0.2, 0.25) is 0 Å². The summed E-state index contributed by atoms with van der Waals surface area (Å²) in [6.07, 6.45) is 0. The molecule has 0 saturated carbocycles. The quantitative estimate of drug-likeness (QED) is 0.837. The van der Waals surface area contributed by atoms with Crippen LogP contribution in [0.15, 0.2) is 16.9 Å². The molecule has 0 atom stereocenters. The van der Waals surface area contributed by atoms with Gasteiger partial charge in [-0.25, -0.2) is 9.37 Å². The molecule has 0 radical (unpaired) electrons. The van der Waals surface area contributed by atoms with E-state index in [9.17, 15) is 4.39 Å². The largest absolute Gasteiger partial charge is 0.491 e. The number of ether oxygens (including phenoxy) is 1. The zero-order valence-corrected chi connectivity index (χ0v) is 8.35. The van der Waals surface area contributed by atoms with Crippen LogP contribution in [0, 0.1) is 5.82 Å². The fraction of sp³-hybridized carbons (Fsp3) is 0.125. The number of halogens is 2. The van der Waals surface area contributed by atoms with Crippen molar-refractivity contribution in [1.29, 1.82) is 0 Å². The Bertz CT molecular complexity index is 455. The van der Waals surface area contributed by atoms with Crippen molar-refractivity contribution in [1.82, 2.24) is 9.97 Å². The first-order valence-electron chi connectivity index (χ1n) is 3.60. The van der Waals surface area contributed by atoms with E-state index in [1.807, 2.05) is 0 Å². The Kier molecular flexibility index (Phi) is 1.95. The summed E-state index contributed by atoms with van der Waals surface area (Å²) in [7, 11) is 1.42. The van der Waals surface area contributed by atoms with Gasteiger partial charge in [0.25, 0.3) is 0 Å². The molecule has 2 rings (SSSR count). The number of aromatic amines is 1. The second-order valence-corrected chi connectivity index (χ2v) is 3.26. The fourth-order valence-electron chi connectivity index (χ4n) is 1.19. The van der Waals surface area contributed by atoms with E-state index >= 15 is 0 Å². The van der Waals surface area contributed by atoms with Crippen molar-refractivity contribution >= 4 is 27.0 Å². The van der Waals surface area contributed by atoms with E-state index in [4.69, 9.17) is 4.74 Å². The molecule has 0 bridgehead atoms. The zero-order valence-electron chi connectivity index (χ0n) is 6.77. The Balaban J connectivity index is 2.82. The average molecular weight is 245 g/mol. The molecular formula is C8H6BrFN2O. The van der Waals surface area contributed by atoms with E-state index in [-0.39, 0.29) is 5.75 Å². The second kappa shape index (κ2) is 2.99. The van der Waals surface area contributed by atoms with Crippen molar-refractivity contribution in [3.05, 3.63) is 22.7 Å². The van der Waals surface area contributed by atoms with E-state index in [0.717, 1.165) is 5.52 Å². The number of fused-ring (bicyclic) bond motifs is 1. The highest BCUT2D eigenvalue weighted by molar-refractivity contribution is 9.10. The highest BCUT2D eigenvalue weighted by Gasteiger charge is 2.11. The number of rotatable bonds is 1. The van der Waals surface area contributed by atoms with Gasteiger partial charge >= 0.3 is 0 Å². The van der Waals surface area contributed by atoms with Gasteiger partial charge in [-0.1, -0.05) is 0 Å². The van der Waals surface area contributed by atoms with E-state index in [2.05, 4.69) is 25.9 Å². The standard InChI is InChI=1S/C8H6BrFN2O/c1-13-7-4(10)2-3-5-6(7)12-8(9)11-5/h2-3H,1H3,(H,11,12). The van der Waals surface area contributed by atoms with E-state index in [1.54, 1.807) is 6.07 Å². The van der Waals surface area contributed by atoms with Crippen molar-refractivity contribution in [2.24, 2.45) is 0 Å². The normalized spacial score (nSPS) is 10.7. The molecule has 2 aromatic rings. The number of hydrogen-bond acceptors (Lipinski definition) is 2. The summed E-state index contributed by atoms with van der Waals surface area (Å²) >= 11 is 3.17. The molecule has 1 aromatic heterocycles. The van der Waals surface area contributed by atoms with Crippen LogP contribution in [0.4, 0.5) is 4.39 Å². The third-order valence-electron chi connectivity index (χ3n) is 1.74. The van der Waals surface area contributed by atoms with Crippen molar-refractivity contribution in [3.8, 4) is 5.75 Å². The van der Waals surface area contributed by atoms with Crippen molar-refractivity contribution in [2.75, 3.05) is 7.11 Å². The number of imidazole rings is 1. The number of nitrogens with zero attached hydrogens (tertiary/aromatic N) is 1. The predicted octanol–water partition coefficient (Wildman–Crippen LogP) is 2.47. The fourth-order valence-corrected chi connectivity index (χ4v) is 1.58. The SMILES string of the molecule is COc1c(F)ccc2[nH]c(Br)nc12. The molecule has 1 aromatic carbocycles. The minimum Gasteiger partial charge on any atom is -0.491 e. The lowest BCUT2D eigenvalue weighted by Gasteiger charge is -2.00. The summed E-state index contributed by atoms with van der Waals surface area (Å²) in [5.41, 5.74) is 1.24. The lowest BCUT2D eigenvalue weighted by atomic mass is 10.3. The highest BCUT2D eigenvalue weighted by atomic mass is 79.9. The number of benzene rings is 1. The Hall–Kier alpha value is -1.10. The third kappa shape index (κ3) is 1.29. The van der Waals surface area contributed by atoms with Gasteiger partial charge in [-0.2, -0.15) is 0 Å². The van der Waals surface area contributed by atoms with Gasteiger partial charge in [-0.3, -0.25) is 0 Å². The van der Waals surface area contributed by atoms with Gasteiger partial charge in [0.1, 0.15) is 5.52 Å². The maximum absolute atomic E-state index is 13.1. The van der Waals surface area contributed by atoms with Gasteiger partial charge in [-0.15, -0.1) is 0 Å². The van der Waals surface area contributed by atoms with Gasteiger partial charge < -0.3 is 9.72 Å². The van der Waals surface area contributed by atoms with Crippen molar-refractivity contribution in [2.45, 2.75) is 0 Å². The molecule has 68 valence electrons. The monoisotopic (exact) mass is 244 g/mol. The van der Waals surface area contributed by atoms with Crippen LogP contribution in [0.5, 0.6) is 5.75 Å². The van der Waals surface area contributed by atoms with Crippen LogP contribution in [0.3, 0.4) is 0 Å². The first-order chi connectivity index (χ1) is 6.22. The highest BCUT2D eigenvalue weighted by Crippen LogP contribution is 2.27. The molecule has 3 nitrogen and oxygen atoms in total. The minimum absolute atomic E-state index is 0.166. The molecule has 1 heterocycles. The van der Waals surface area contributed by atoms with Crippen LogP contribution in [0.25, 0.3) is 11.0 Å². The van der Waals surface area contributed by atoms with Crippen LogP contribution >= 0.6 is 15.9 Å². The zero-order chi connectivity index (χ0) is 9.42. The summed E-state index contributed by atoms with van der Waals surface area (Å²) in [6.45, 7) is 0. The van der Waals surface area contributed by atoms with Gasteiger partial charge in [-0.05, 0) is 28.1 Å². The molecule has 0 spiro atoms. The Morgan fingerprint density at radius 2 is 2.31 bits per heavy atom. The van der Waals surface area contributed by atoms with Crippen LogP contribution in [-0.2, 0) is 0 Å². The van der Waals surface area contributed by atoms with Crippen molar-refractivity contribution < 1.29 is 9.13 Å². The lowest BCUT2D eigenvalue weighted by Crippen LogP contribution is -1.88. The van der Waals surface area contributed by atoms with E-state index in [1.165, 1.54) is 13.2 Å². The second-order valence-electron chi connectivity index (χ2n) is 2.50. The summed E-state index contributed by atoms with van der Waals surface area (Å²) in [4.78, 5) is 6.96. The Morgan fingerprint density at radius 3 is 3.00 bits per heavy atom. The molecule has 0 aliphatic heterocycles. The summed E-state index contributed by atoms with van der Waals surface area (Å²) in [5, 5.41) is 0. The number of methoxy groups -OCH3 is 1. The van der Waals surface area contributed by atoms with Gasteiger partial charge in [0.05, 0.1) is 12.6 Å². The topological polar surface area (TPSA) is 37.9 Å². The lowest BCUT2D eigenvalue weighted by molar-refractivity contribution is 0.391. The molecule has 0 fully saturated rings. The third-order valence-corrected chi connectivity index (χ3v) is 2.11. The van der Waals surface area contributed by atoms with E-state index in [0.29, 0.717) is 10.3 Å². The van der Waals surface area contributed by atoms with Crippen LogP contribution in [0.1, 0.15) is 0 Å². The first-order valence-corrected chi connectivity index (χ1v) is 4.39. The smallest absolute Gasteiger partial charge is 0.182 e. The first kappa shape index (κ1) is 8.50. The maximum atomic E-state index is 13.1. The number of nitrogens with one attached hydrogen (secondary N) is 1. The number of aromatic nitrogens is 2. The molecule has 1 N–H and O–H groups in total. The molecule has 13 heavy (non-hydrogen) atoms. The molecule has 0 aliphatic carbocycles.